The van der Waals surface area contributed by atoms with Gasteiger partial charge in [0.25, 0.3) is 0 Å². The van der Waals surface area contributed by atoms with E-state index in [2.05, 4.69) is 5.10 Å². The number of benzene rings is 1. The van der Waals surface area contributed by atoms with Crippen LogP contribution in [0.2, 0.25) is 0 Å². The average Bonchev–Trinajstić information content (AvgIpc) is 2.75. The van der Waals surface area contributed by atoms with Gasteiger partial charge in [0.1, 0.15) is 0 Å². The zero-order valence-electron chi connectivity index (χ0n) is 13.0. The van der Waals surface area contributed by atoms with Gasteiger partial charge in [-0.15, -0.1) is 9.78 Å². The van der Waals surface area contributed by atoms with Crippen molar-refractivity contribution < 1.29 is 14.3 Å². The van der Waals surface area contributed by atoms with Crippen LogP contribution in [0.25, 0.3) is 5.69 Å². The molecule has 0 bridgehead atoms. The maximum atomic E-state index is 12.1. The summed E-state index contributed by atoms with van der Waals surface area (Å²) in [5, 5.41) is 4.16. The molecule has 0 atom stereocenters. The molecular weight excluding hydrogens is 302 g/mol. The lowest BCUT2D eigenvalue weighted by atomic mass is 10.3. The fourth-order valence-corrected chi connectivity index (χ4v) is 2.10. The Morgan fingerprint density at radius 2 is 1.77 bits per heavy atom. The Kier molecular flexibility index (Phi) is 4.97. The Labute approximate surface area is 134 Å². The van der Waals surface area contributed by atoms with Crippen molar-refractivity contribution in [2.75, 3.05) is 0 Å². The van der Waals surface area contributed by atoms with Crippen LogP contribution in [0, 0.1) is 4.77 Å². The predicted octanol–water partition coefficient (Wildman–Crippen LogP) is 3.58. The first-order valence-electron chi connectivity index (χ1n) is 7.05. The summed E-state index contributed by atoms with van der Waals surface area (Å²) in [6.07, 6.45) is -0.983. The molecule has 1 aromatic carbocycles. The summed E-state index contributed by atoms with van der Waals surface area (Å²) in [5.41, 5.74) is 0.770. The number of nitrogens with zero attached hydrogens (tertiary/aromatic N) is 3. The van der Waals surface area contributed by atoms with Gasteiger partial charge in [-0.3, -0.25) is 0 Å². The number of ether oxygens (including phenoxy) is 2. The Morgan fingerprint density at radius 1 is 1.14 bits per heavy atom. The first kappa shape index (κ1) is 16.2. The number of aromatic nitrogens is 3. The highest BCUT2D eigenvalue weighted by Crippen LogP contribution is 2.19. The number of para-hydroxylation sites is 1. The van der Waals surface area contributed by atoms with Crippen LogP contribution < -0.4 is 4.74 Å². The summed E-state index contributed by atoms with van der Waals surface area (Å²) in [6, 6.07) is 9.63. The van der Waals surface area contributed by atoms with Gasteiger partial charge >= 0.3 is 12.1 Å². The second-order valence-corrected chi connectivity index (χ2v) is 5.61. The van der Waals surface area contributed by atoms with Crippen molar-refractivity contribution in [3.05, 3.63) is 35.1 Å². The van der Waals surface area contributed by atoms with Gasteiger partial charge in [0.2, 0.25) is 4.77 Å². The maximum absolute atomic E-state index is 12.1. The molecular formula is C15H19N3O3S. The SMILES string of the molecule is CC(C)OC(=O)n1nc(OC(C)C)n(-c2ccccc2)c1=S. The smallest absolute Gasteiger partial charge is 0.437 e. The minimum atomic E-state index is -0.622. The van der Waals surface area contributed by atoms with Crippen molar-refractivity contribution in [2.24, 2.45) is 0 Å². The van der Waals surface area contributed by atoms with E-state index < -0.39 is 6.09 Å². The predicted molar refractivity (Wildman–Crippen MR) is 85.2 cm³/mol. The number of carbonyl (C=O) groups is 1. The van der Waals surface area contributed by atoms with E-state index in [1.807, 2.05) is 44.2 Å². The van der Waals surface area contributed by atoms with Gasteiger partial charge in [-0.2, -0.15) is 0 Å². The Morgan fingerprint density at radius 3 is 2.32 bits per heavy atom. The maximum Gasteiger partial charge on any atom is 0.437 e. The Balaban J connectivity index is 2.53. The van der Waals surface area contributed by atoms with Crippen LogP contribution in [0.3, 0.4) is 0 Å². The van der Waals surface area contributed by atoms with E-state index in [1.165, 1.54) is 0 Å². The molecule has 1 heterocycles. The van der Waals surface area contributed by atoms with Gasteiger partial charge in [0, 0.05) is 0 Å². The molecule has 0 spiro atoms. The number of hydrogen-bond donors (Lipinski definition) is 0. The van der Waals surface area contributed by atoms with E-state index in [0.29, 0.717) is 0 Å². The molecule has 1 aromatic heterocycles. The lowest BCUT2D eigenvalue weighted by Crippen LogP contribution is -2.19. The molecule has 2 rings (SSSR count). The summed E-state index contributed by atoms with van der Waals surface area (Å²) in [6.45, 7) is 7.29. The van der Waals surface area contributed by atoms with Gasteiger partial charge in [0.15, 0.2) is 0 Å². The molecule has 0 unspecified atom stereocenters. The second-order valence-electron chi connectivity index (χ2n) is 5.25. The minimum absolute atomic E-state index is 0.103. The first-order valence-corrected chi connectivity index (χ1v) is 7.46. The van der Waals surface area contributed by atoms with Gasteiger partial charge in [-0.05, 0) is 52.0 Å². The molecule has 7 heteroatoms. The fourth-order valence-electron chi connectivity index (χ4n) is 1.81. The second kappa shape index (κ2) is 6.74. The summed E-state index contributed by atoms with van der Waals surface area (Å²) in [7, 11) is 0. The van der Waals surface area contributed by atoms with Crippen LogP contribution in [0.1, 0.15) is 27.7 Å². The molecule has 0 saturated heterocycles. The fraction of sp³-hybridized carbons (Fsp3) is 0.400. The summed E-state index contributed by atoms with van der Waals surface area (Å²) >= 11 is 5.36. The number of rotatable bonds is 4. The molecule has 0 N–H and O–H groups in total. The summed E-state index contributed by atoms with van der Waals surface area (Å²) < 4.78 is 13.7. The van der Waals surface area contributed by atoms with Crippen molar-refractivity contribution in [3.8, 4) is 11.7 Å². The molecule has 0 aliphatic carbocycles. The van der Waals surface area contributed by atoms with Gasteiger partial charge < -0.3 is 9.47 Å². The lowest BCUT2D eigenvalue weighted by Gasteiger charge is -2.10. The van der Waals surface area contributed by atoms with E-state index in [1.54, 1.807) is 18.4 Å². The van der Waals surface area contributed by atoms with Crippen LogP contribution in [-0.2, 0) is 4.74 Å². The van der Waals surface area contributed by atoms with Gasteiger partial charge in [-0.25, -0.2) is 9.36 Å². The van der Waals surface area contributed by atoms with Crippen LogP contribution in [0.15, 0.2) is 30.3 Å². The molecule has 0 aliphatic rings. The van der Waals surface area contributed by atoms with E-state index >= 15 is 0 Å². The van der Waals surface area contributed by atoms with Gasteiger partial charge in [0.05, 0.1) is 17.9 Å². The molecule has 22 heavy (non-hydrogen) atoms. The highest BCUT2D eigenvalue weighted by atomic mass is 32.1. The zero-order valence-corrected chi connectivity index (χ0v) is 13.8. The van der Waals surface area contributed by atoms with Crippen LogP contribution in [0.4, 0.5) is 4.79 Å². The highest BCUT2D eigenvalue weighted by Gasteiger charge is 2.20. The molecule has 0 radical (unpaired) electrons. The van der Waals surface area contributed by atoms with Crippen LogP contribution in [0.5, 0.6) is 6.01 Å². The highest BCUT2D eigenvalue weighted by molar-refractivity contribution is 7.71. The molecule has 0 aliphatic heterocycles. The normalized spacial score (nSPS) is 11.0. The van der Waals surface area contributed by atoms with Crippen molar-refractivity contribution in [1.82, 2.24) is 14.3 Å². The first-order chi connectivity index (χ1) is 10.4. The molecule has 0 saturated carbocycles. The quantitative estimate of drug-likeness (QED) is 0.806. The number of hydrogen-bond acceptors (Lipinski definition) is 5. The molecule has 118 valence electrons. The third-order valence-corrected chi connectivity index (χ3v) is 2.97. The monoisotopic (exact) mass is 321 g/mol. The zero-order chi connectivity index (χ0) is 16.3. The average molecular weight is 321 g/mol. The topological polar surface area (TPSA) is 58.3 Å². The Bertz CT molecular complexity index is 705. The minimum Gasteiger partial charge on any atom is -0.461 e. The van der Waals surface area contributed by atoms with E-state index in [0.717, 1.165) is 10.4 Å². The standard InChI is InChI=1S/C15H19N3O3S/c1-10(2)20-13-16-18(15(19)21-11(3)4)14(22)17(13)12-8-6-5-7-9-12/h5-11H,1-4H3. The van der Waals surface area contributed by atoms with Crippen molar-refractivity contribution in [2.45, 2.75) is 39.9 Å². The largest absolute Gasteiger partial charge is 0.461 e. The third kappa shape index (κ3) is 3.54. The van der Waals surface area contributed by atoms with Crippen molar-refractivity contribution in [1.29, 1.82) is 0 Å². The Hall–Kier alpha value is -2.15. The third-order valence-electron chi connectivity index (χ3n) is 2.61. The van der Waals surface area contributed by atoms with E-state index in [4.69, 9.17) is 21.7 Å². The molecule has 0 fully saturated rings. The molecule has 2 aromatic rings. The summed E-state index contributed by atoms with van der Waals surface area (Å²) in [5.74, 6) is 0. The van der Waals surface area contributed by atoms with E-state index in [9.17, 15) is 4.79 Å². The molecule has 6 nitrogen and oxygen atoms in total. The summed E-state index contributed by atoms with van der Waals surface area (Å²) in [4.78, 5) is 12.1. The van der Waals surface area contributed by atoms with E-state index in [-0.39, 0.29) is 23.0 Å². The lowest BCUT2D eigenvalue weighted by molar-refractivity contribution is 0.112. The number of carbonyl (C=O) groups excluding carboxylic acids is 1. The molecule has 0 amide bonds. The van der Waals surface area contributed by atoms with Crippen molar-refractivity contribution >= 4 is 18.3 Å². The van der Waals surface area contributed by atoms with Crippen molar-refractivity contribution in [3.63, 3.8) is 0 Å². The van der Waals surface area contributed by atoms with Gasteiger partial charge in [-0.1, -0.05) is 18.2 Å². The van der Waals surface area contributed by atoms with Crippen LogP contribution >= 0.6 is 12.2 Å². The van der Waals surface area contributed by atoms with Crippen LogP contribution in [-0.4, -0.2) is 32.6 Å².